The molecule has 6 heteroatoms. The molecule has 134 valence electrons. The second-order valence-electron chi connectivity index (χ2n) is 6.14. The Labute approximate surface area is 152 Å². The predicted octanol–water partition coefficient (Wildman–Crippen LogP) is 3.88. The summed E-state index contributed by atoms with van der Waals surface area (Å²) >= 11 is 0. The molecule has 26 heavy (non-hydrogen) atoms. The fourth-order valence-electron chi connectivity index (χ4n) is 2.79. The molecule has 0 amide bonds. The minimum absolute atomic E-state index is 0.0929. The normalized spacial score (nSPS) is 11.3. The summed E-state index contributed by atoms with van der Waals surface area (Å²) in [6.07, 6.45) is 0. The van der Waals surface area contributed by atoms with Gasteiger partial charge in [-0.15, -0.1) is 0 Å². The molecule has 3 aromatic rings. The Kier molecular flexibility index (Phi) is 4.70. The Morgan fingerprint density at radius 1 is 0.885 bits per heavy atom. The highest BCUT2D eigenvalue weighted by Crippen LogP contribution is 2.31. The second kappa shape index (κ2) is 6.80. The molecule has 0 spiro atoms. The molecule has 3 rings (SSSR count). The Hall–Kier alpha value is -2.86. The number of carbonyl (C=O) groups is 1. The summed E-state index contributed by atoms with van der Waals surface area (Å²) in [6.45, 7) is 1.45. The lowest BCUT2D eigenvalue weighted by Crippen LogP contribution is -2.12. The Bertz CT molecular complexity index is 1070. The van der Waals surface area contributed by atoms with E-state index in [4.69, 9.17) is 4.18 Å². The number of benzene rings is 3. The van der Waals surface area contributed by atoms with Crippen molar-refractivity contribution in [1.29, 1.82) is 0 Å². The van der Waals surface area contributed by atoms with Crippen molar-refractivity contribution in [3.63, 3.8) is 0 Å². The molecule has 0 unspecified atom stereocenters. The summed E-state index contributed by atoms with van der Waals surface area (Å²) in [4.78, 5) is 13.4. The van der Waals surface area contributed by atoms with Crippen LogP contribution in [0.15, 0.2) is 65.6 Å². The fourth-order valence-corrected chi connectivity index (χ4v) is 3.94. The molecule has 0 bridgehead atoms. The molecule has 0 heterocycles. The van der Waals surface area contributed by atoms with Gasteiger partial charge in [-0.05, 0) is 43.3 Å². The number of fused-ring (bicyclic) bond motifs is 1. The number of carbonyl (C=O) groups excluding carboxylic acids is 1. The Morgan fingerprint density at radius 2 is 1.50 bits per heavy atom. The van der Waals surface area contributed by atoms with E-state index in [0.29, 0.717) is 10.9 Å². The average Bonchev–Trinajstić information content (AvgIpc) is 2.60. The molecule has 0 fully saturated rings. The number of rotatable bonds is 5. The summed E-state index contributed by atoms with van der Waals surface area (Å²) in [5.41, 5.74) is 1.42. The zero-order valence-electron chi connectivity index (χ0n) is 14.8. The van der Waals surface area contributed by atoms with Crippen molar-refractivity contribution in [2.45, 2.75) is 11.8 Å². The van der Waals surface area contributed by atoms with Crippen molar-refractivity contribution < 1.29 is 17.4 Å². The van der Waals surface area contributed by atoms with E-state index in [1.165, 1.54) is 25.1 Å². The maximum absolute atomic E-state index is 12.8. The first kappa shape index (κ1) is 17.9. The smallest absolute Gasteiger partial charge is 0.339 e. The van der Waals surface area contributed by atoms with E-state index >= 15 is 0 Å². The van der Waals surface area contributed by atoms with Gasteiger partial charge in [-0.2, -0.15) is 8.42 Å². The van der Waals surface area contributed by atoms with Crippen LogP contribution < -0.4 is 9.08 Å². The molecule has 0 aromatic heterocycles. The molecular weight excluding hydrogens is 350 g/mol. The number of hydrogen-bond donors (Lipinski definition) is 0. The van der Waals surface area contributed by atoms with E-state index in [1.807, 2.05) is 37.2 Å². The van der Waals surface area contributed by atoms with Crippen LogP contribution in [0.25, 0.3) is 10.8 Å². The van der Waals surface area contributed by atoms with Gasteiger partial charge in [0.2, 0.25) is 0 Å². The van der Waals surface area contributed by atoms with Crippen LogP contribution in [-0.4, -0.2) is 28.3 Å². The van der Waals surface area contributed by atoms with Crippen molar-refractivity contribution in [3.8, 4) is 5.75 Å². The minimum atomic E-state index is -4.02. The molecule has 3 aromatic carbocycles. The largest absolute Gasteiger partial charge is 0.379 e. The van der Waals surface area contributed by atoms with E-state index in [1.54, 1.807) is 24.3 Å². The summed E-state index contributed by atoms with van der Waals surface area (Å²) in [7, 11) is -0.207. The van der Waals surface area contributed by atoms with Gasteiger partial charge in [0.05, 0.1) is 0 Å². The van der Waals surface area contributed by atoms with Crippen molar-refractivity contribution in [2.75, 3.05) is 19.0 Å². The predicted molar refractivity (Wildman–Crippen MR) is 103 cm³/mol. The van der Waals surface area contributed by atoms with Gasteiger partial charge >= 0.3 is 10.1 Å². The maximum atomic E-state index is 12.8. The molecule has 0 saturated heterocycles. The van der Waals surface area contributed by atoms with Crippen LogP contribution in [0.4, 0.5) is 5.69 Å². The van der Waals surface area contributed by atoms with Gasteiger partial charge in [0.15, 0.2) is 5.78 Å². The molecule has 0 radical (unpaired) electrons. The lowest BCUT2D eigenvalue weighted by Gasteiger charge is -2.17. The van der Waals surface area contributed by atoms with E-state index in [0.717, 1.165) is 11.1 Å². The lowest BCUT2D eigenvalue weighted by molar-refractivity contribution is 0.101. The molecule has 0 atom stereocenters. The van der Waals surface area contributed by atoms with Crippen molar-refractivity contribution in [1.82, 2.24) is 0 Å². The van der Waals surface area contributed by atoms with Gasteiger partial charge in [-0.25, -0.2) is 0 Å². The first-order valence-corrected chi connectivity index (χ1v) is 9.45. The maximum Gasteiger partial charge on any atom is 0.339 e. The van der Waals surface area contributed by atoms with Crippen molar-refractivity contribution in [2.24, 2.45) is 0 Å². The molecular formula is C20H19NO4S. The first-order valence-electron chi connectivity index (χ1n) is 8.04. The minimum Gasteiger partial charge on any atom is -0.379 e. The van der Waals surface area contributed by atoms with E-state index < -0.39 is 10.1 Å². The average molecular weight is 369 g/mol. The van der Waals surface area contributed by atoms with E-state index in [-0.39, 0.29) is 16.4 Å². The van der Waals surface area contributed by atoms with Crippen LogP contribution in [0.3, 0.4) is 0 Å². The van der Waals surface area contributed by atoms with Crippen LogP contribution in [0.5, 0.6) is 5.75 Å². The monoisotopic (exact) mass is 369 g/mol. The summed E-state index contributed by atoms with van der Waals surface area (Å²) < 4.78 is 30.9. The van der Waals surface area contributed by atoms with Crippen LogP contribution in [0.2, 0.25) is 0 Å². The number of hydrogen-bond acceptors (Lipinski definition) is 5. The Balaban J connectivity index is 2.04. The highest BCUT2D eigenvalue weighted by molar-refractivity contribution is 7.87. The zero-order valence-corrected chi connectivity index (χ0v) is 15.6. The number of Topliss-reactive ketones (excluding diaryl/α,β-unsaturated/α-hetero) is 1. The van der Waals surface area contributed by atoms with E-state index in [9.17, 15) is 13.2 Å². The second-order valence-corrected chi connectivity index (χ2v) is 7.66. The summed E-state index contributed by atoms with van der Waals surface area (Å²) in [6, 6.07) is 16.7. The third-order valence-corrected chi connectivity index (χ3v) is 5.38. The molecule has 0 aliphatic rings. The highest BCUT2D eigenvalue weighted by Gasteiger charge is 2.21. The van der Waals surface area contributed by atoms with Gasteiger partial charge in [0, 0.05) is 36.1 Å². The molecule has 0 aliphatic carbocycles. The molecule has 0 aliphatic heterocycles. The highest BCUT2D eigenvalue weighted by atomic mass is 32.2. The van der Waals surface area contributed by atoms with Crippen molar-refractivity contribution >= 4 is 32.4 Å². The third kappa shape index (κ3) is 3.41. The third-order valence-electron chi connectivity index (χ3n) is 4.08. The number of anilines is 1. The lowest BCUT2D eigenvalue weighted by atomic mass is 10.1. The van der Waals surface area contributed by atoms with Gasteiger partial charge < -0.3 is 9.08 Å². The summed E-state index contributed by atoms with van der Waals surface area (Å²) in [5, 5.41) is 1.42. The number of nitrogens with zero attached hydrogens (tertiary/aromatic N) is 1. The van der Waals surface area contributed by atoms with Crippen molar-refractivity contribution in [3.05, 3.63) is 66.2 Å². The van der Waals surface area contributed by atoms with Gasteiger partial charge in [-0.1, -0.05) is 24.3 Å². The summed E-state index contributed by atoms with van der Waals surface area (Å²) in [5.74, 6) is 0.0699. The van der Waals surface area contributed by atoms with Gasteiger partial charge in [-0.3, -0.25) is 4.79 Å². The Morgan fingerprint density at radius 3 is 2.12 bits per heavy atom. The van der Waals surface area contributed by atoms with Crippen LogP contribution >= 0.6 is 0 Å². The first-order chi connectivity index (χ1) is 12.3. The molecule has 0 N–H and O–H groups in total. The quantitative estimate of drug-likeness (QED) is 0.504. The fraction of sp³-hybridized carbons (Fsp3) is 0.150. The van der Waals surface area contributed by atoms with Crippen LogP contribution in [0, 0.1) is 0 Å². The van der Waals surface area contributed by atoms with E-state index in [2.05, 4.69) is 0 Å². The standard InChI is InChI=1S/C20H19NO4S/c1-14(22)15-10-12-16(13-11-15)25-26(23,24)20-9-5-6-17-18(20)7-4-8-19(17)21(2)3/h4-13H,1-3H3. The molecule has 0 saturated carbocycles. The number of ketones is 1. The zero-order chi connectivity index (χ0) is 18.9. The van der Waals surface area contributed by atoms with Crippen LogP contribution in [-0.2, 0) is 10.1 Å². The van der Waals surface area contributed by atoms with Crippen LogP contribution in [0.1, 0.15) is 17.3 Å². The van der Waals surface area contributed by atoms with Gasteiger partial charge in [0.1, 0.15) is 10.6 Å². The SMILES string of the molecule is CC(=O)c1ccc(OS(=O)(=O)c2cccc3c(N(C)C)cccc23)cc1. The topological polar surface area (TPSA) is 63.7 Å². The van der Waals surface area contributed by atoms with Gasteiger partial charge in [0.25, 0.3) is 0 Å². The molecule has 5 nitrogen and oxygen atoms in total.